The lowest BCUT2D eigenvalue weighted by Gasteiger charge is -2.11. The van der Waals surface area contributed by atoms with E-state index in [1.807, 2.05) is 64.1 Å². The quantitative estimate of drug-likeness (QED) is 0.734. The zero-order valence-electron chi connectivity index (χ0n) is 15.2. The summed E-state index contributed by atoms with van der Waals surface area (Å²) in [4.78, 5) is 23.8. The Labute approximate surface area is 148 Å². The molecule has 5 nitrogen and oxygen atoms in total. The first kappa shape index (κ1) is 18.5. The standard InChI is InChI=1S/C20H25N3O2/c1-13-5-8-18(16(4)9-13)21-12-20(25)23-22-19(24)11-17-7-6-14(2)15(3)10-17/h5-10,21H,11-12H2,1-4H3,(H,22,24)(H,23,25). The number of carbonyl (C=O) groups excluding carboxylic acids is 2. The number of anilines is 1. The van der Waals surface area contributed by atoms with Crippen LogP contribution in [0.4, 0.5) is 5.69 Å². The molecule has 0 unspecified atom stereocenters. The molecule has 5 heteroatoms. The van der Waals surface area contributed by atoms with E-state index in [-0.39, 0.29) is 24.8 Å². The SMILES string of the molecule is Cc1ccc(NCC(=O)NNC(=O)Cc2ccc(C)c(C)c2)c(C)c1. The number of amides is 2. The van der Waals surface area contributed by atoms with E-state index in [1.54, 1.807) is 0 Å². The Morgan fingerprint density at radius 3 is 2.20 bits per heavy atom. The number of aryl methyl sites for hydroxylation is 4. The van der Waals surface area contributed by atoms with Crippen molar-refractivity contribution in [3.63, 3.8) is 0 Å². The molecule has 0 spiro atoms. The maximum absolute atomic E-state index is 11.9. The molecule has 132 valence electrons. The molecule has 0 bridgehead atoms. The summed E-state index contributed by atoms with van der Waals surface area (Å²) >= 11 is 0. The molecule has 2 amide bonds. The molecule has 25 heavy (non-hydrogen) atoms. The van der Waals surface area contributed by atoms with E-state index in [0.717, 1.165) is 22.4 Å². The topological polar surface area (TPSA) is 70.2 Å². The largest absolute Gasteiger partial charge is 0.376 e. The van der Waals surface area contributed by atoms with Gasteiger partial charge in [-0.05, 0) is 56.0 Å². The predicted octanol–water partition coefficient (Wildman–Crippen LogP) is 2.72. The maximum Gasteiger partial charge on any atom is 0.257 e. The lowest BCUT2D eigenvalue weighted by molar-refractivity contribution is -0.127. The van der Waals surface area contributed by atoms with Crippen LogP contribution in [0.25, 0.3) is 0 Å². The molecule has 0 radical (unpaired) electrons. The Morgan fingerprint density at radius 2 is 1.52 bits per heavy atom. The van der Waals surface area contributed by atoms with Gasteiger partial charge in [0, 0.05) is 5.69 Å². The molecule has 0 aliphatic rings. The van der Waals surface area contributed by atoms with Gasteiger partial charge in [0.05, 0.1) is 13.0 Å². The molecule has 2 aromatic carbocycles. The van der Waals surface area contributed by atoms with Gasteiger partial charge < -0.3 is 5.32 Å². The number of hydrogen-bond acceptors (Lipinski definition) is 3. The minimum absolute atomic E-state index is 0.0911. The Kier molecular flexibility index (Phi) is 6.17. The van der Waals surface area contributed by atoms with E-state index in [1.165, 1.54) is 11.1 Å². The van der Waals surface area contributed by atoms with Gasteiger partial charge in [-0.1, -0.05) is 35.9 Å². The van der Waals surface area contributed by atoms with Crippen LogP contribution in [0.3, 0.4) is 0 Å². The van der Waals surface area contributed by atoms with Gasteiger partial charge in [-0.2, -0.15) is 0 Å². The normalized spacial score (nSPS) is 10.2. The van der Waals surface area contributed by atoms with Crippen molar-refractivity contribution in [1.82, 2.24) is 10.9 Å². The van der Waals surface area contributed by atoms with Gasteiger partial charge in [0.2, 0.25) is 5.91 Å². The molecule has 0 aliphatic carbocycles. The van der Waals surface area contributed by atoms with Crippen LogP contribution in [0, 0.1) is 27.7 Å². The number of hydrogen-bond donors (Lipinski definition) is 3. The van der Waals surface area contributed by atoms with Crippen molar-refractivity contribution in [2.75, 3.05) is 11.9 Å². The predicted molar refractivity (Wildman–Crippen MR) is 100 cm³/mol. The number of carbonyl (C=O) groups is 2. The van der Waals surface area contributed by atoms with Crippen molar-refractivity contribution < 1.29 is 9.59 Å². The van der Waals surface area contributed by atoms with Gasteiger partial charge in [-0.25, -0.2) is 0 Å². The molecule has 0 heterocycles. The van der Waals surface area contributed by atoms with Gasteiger partial charge in [-0.15, -0.1) is 0 Å². The van der Waals surface area contributed by atoms with Crippen molar-refractivity contribution in [3.8, 4) is 0 Å². The lowest BCUT2D eigenvalue weighted by atomic mass is 10.0. The lowest BCUT2D eigenvalue weighted by Crippen LogP contribution is -2.44. The first-order chi connectivity index (χ1) is 11.8. The Bertz CT molecular complexity index is 785. The number of hydrazine groups is 1. The third-order valence-corrected chi connectivity index (χ3v) is 4.10. The van der Waals surface area contributed by atoms with Gasteiger partial charge >= 0.3 is 0 Å². The van der Waals surface area contributed by atoms with Crippen LogP contribution < -0.4 is 16.2 Å². The highest BCUT2D eigenvalue weighted by Gasteiger charge is 2.07. The summed E-state index contributed by atoms with van der Waals surface area (Å²) in [6.45, 7) is 8.14. The third-order valence-electron chi connectivity index (χ3n) is 4.10. The average Bonchev–Trinajstić information content (AvgIpc) is 2.55. The van der Waals surface area contributed by atoms with Crippen LogP contribution in [0.2, 0.25) is 0 Å². The van der Waals surface area contributed by atoms with Crippen molar-refractivity contribution >= 4 is 17.5 Å². The molecule has 0 fully saturated rings. The Morgan fingerprint density at radius 1 is 0.800 bits per heavy atom. The van der Waals surface area contributed by atoms with Crippen molar-refractivity contribution in [2.24, 2.45) is 0 Å². The van der Waals surface area contributed by atoms with Crippen LogP contribution in [0.1, 0.15) is 27.8 Å². The van der Waals surface area contributed by atoms with E-state index in [2.05, 4.69) is 16.2 Å². The molecule has 0 aromatic heterocycles. The highest BCUT2D eigenvalue weighted by atomic mass is 16.2. The van der Waals surface area contributed by atoms with Crippen LogP contribution in [-0.2, 0) is 16.0 Å². The second-order valence-electron chi connectivity index (χ2n) is 6.36. The summed E-state index contributed by atoms with van der Waals surface area (Å²) in [6, 6.07) is 11.9. The van der Waals surface area contributed by atoms with Crippen LogP contribution in [0.5, 0.6) is 0 Å². The van der Waals surface area contributed by atoms with Crippen molar-refractivity contribution in [1.29, 1.82) is 0 Å². The number of nitrogens with one attached hydrogen (secondary N) is 3. The molecular formula is C20H25N3O2. The highest BCUT2D eigenvalue weighted by molar-refractivity contribution is 5.85. The smallest absolute Gasteiger partial charge is 0.257 e. The molecule has 2 rings (SSSR count). The fourth-order valence-corrected chi connectivity index (χ4v) is 2.51. The van der Waals surface area contributed by atoms with E-state index >= 15 is 0 Å². The van der Waals surface area contributed by atoms with Crippen LogP contribution in [-0.4, -0.2) is 18.4 Å². The molecule has 0 saturated carbocycles. The monoisotopic (exact) mass is 339 g/mol. The summed E-state index contributed by atoms with van der Waals surface area (Å²) in [5.74, 6) is -0.545. The fourth-order valence-electron chi connectivity index (χ4n) is 2.51. The zero-order valence-corrected chi connectivity index (χ0v) is 15.2. The summed E-state index contributed by atoms with van der Waals surface area (Å²) in [7, 11) is 0. The Hall–Kier alpha value is -2.82. The number of rotatable bonds is 5. The van der Waals surface area contributed by atoms with Gasteiger partial charge in [0.15, 0.2) is 0 Å². The van der Waals surface area contributed by atoms with E-state index < -0.39 is 0 Å². The van der Waals surface area contributed by atoms with E-state index in [4.69, 9.17) is 0 Å². The molecule has 3 N–H and O–H groups in total. The molecule has 0 saturated heterocycles. The first-order valence-electron chi connectivity index (χ1n) is 8.30. The first-order valence-corrected chi connectivity index (χ1v) is 8.30. The second kappa shape index (κ2) is 8.33. The average molecular weight is 339 g/mol. The molecule has 0 aliphatic heterocycles. The minimum atomic E-state index is -0.298. The summed E-state index contributed by atoms with van der Waals surface area (Å²) in [5, 5.41) is 3.06. The molecule has 2 aromatic rings. The van der Waals surface area contributed by atoms with Crippen molar-refractivity contribution in [2.45, 2.75) is 34.1 Å². The molecule has 0 atom stereocenters. The number of benzene rings is 2. The fraction of sp³-hybridized carbons (Fsp3) is 0.300. The van der Waals surface area contributed by atoms with Crippen LogP contribution >= 0.6 is 0 Å². The maximum atomic E-state index is 11.9. The third kappa shape index (κ3) is 5.64. The van der Waals surface area contributed by atoms with E-state index in [9.17, 15) is 9.59 Å². The zero-order chi connectivity index (χ0) is 18.4. The molecular weight excluding hydrogens is 314 g/mol. The highest BCUT2D eigenvalue weighted by Crippen LogP contribution is 2.15. The summed E-state index contributed by atoms with van der Waals surface area (Å²) < 4.78 is 0. The van der Waals surface area contributed by atoms with Gasteiger partial charge in [-0.3, -0.25) is 20.4 Å². The van der Waals surface area contributed by atoms with E-state index in [0.29, 0.717) is 0 Å². The Balaban J connectivity index is 1.77. The second-order valence-corrected chi connectivity index (χ2v) is 6.36. The summed E-state index contributed by atoms with van der Waals surface area (Å²) in [5.41, 5.74) is 11.3. The van der Waals surface area contributed by atoms with Gasteiger partial charge in [0.1, 0.15) is 0 Å². The van der Waals surface area contributed by atoms with Crippen LogP contribution in [0.15, 0.2) is 36.4 Å². The summed E-state index contributed by atoms with van der Waals surface area (Å²) in [6.07, 6.45) is 0.228. The van der Waals surface area contributed by atoms with Crippen molar-refractivity contribution in [3.05, 3.63) is 64.2 Å². The van der Waals surface area contributed by atoms with Gasteiger partial charge in [0.25, 0.3) is 5.91 Å². The minimum Gasteiger partial charge on any atom is -0.376 e.